The molecule has 82 valence electrons. The Balaban J connectivity index is 1.94. The summed E-state index contributed by atoms with van der Waals surface area (Å²) in [5.41, 5.74) is 1.22. The average molecular weight is 336 g/mol. The number of hydrogen-bond donors (Lipinski definition) is 1. The summed E-state index contributed by atoms with van der Waals surface area (Å²) in [5.74, 6) is 0. The Morgan fingerprint density at radius 1 is 1.33 bits per heavy atom. The summed E-state index contributed by atoms with van der Waals surface area (Å²) in [6.45, 7) is 0.903. The molecule has 1 nitrogen and oxygen atoms in total. The number of hydrogen-bond acceptors (Lipinski definition) is 1. The van der Waals surface area contributed by atoms with Gasteiger partial charge in [0.1, 0.15) is 0 Å². The van der Waals surface area contributed by atoms with Crippen LogP contribution in [0.15, 0.2) is 18.2 Å². The van der Waals surface area contributed by atoms with Crippen LogP contribution in [0.5, 0.6) is 0 Å². The van der Waals surface area contributed by atoms with Crippen LogP contribution in [0, 0.1) is 3.57 Å². The van der Waals surface area contributed by atoms with Crippen LogP contribution < -0.4 is 5.32 Å². The molecule has 0 amide bonds. The van der Waals surface area contributed by atoms with Gasteiger partial charge in [-0.25, -0.2) is 0 Å². The molecular formula is C12H15ClIN. The molecule has 1 aliphatic carbocycles. The van der Waals surface area contributed by atoms with E-state index in [2.05, 4.69) is 34.0 Å². The fourth-order valence-corrected chi connectivity index (χ4v) is 2.80. The Morgan fingerprint density at radius 2 is 2.07 bits per heavy atom. The zero-order chi connectivity index (χ0) is 10.7. The van der Waals surface area contributed by atoms with Crippen LogP contribution in [-0.4, -0.2) is 6.04 Å². The second-order valence-corrected chi connectivity index (χ2v) is 5.75. The lowest BCUT2D eigenvalue weighted by molar-refractivity contribution is 0.524. The first-order valence-corrected chi connectivity index (χ1v) is 6.88. The largest absolute Gasteiger partial charge is 0.310 e. The third kappa shape index (κ3) is 3.33. The number of halogens is 2. The quantitative estimate of drug-likeness (QED) is 0.824. The first-order valence-electron chi connectivity index (χ1n) is 5.43. The maximum Gasteiger partial charge on any atom is 0.0451 e. The Hall–Kier alpha value is 0.200. The normalized spacial score (nSPS) is 17.2. The van der Waals surface area contributed by atoms with Crippen LogP contribution in [0.2, 0.25) is 5.02 Å². The minimum absolute atomic E-state index is 0.707. The van der Waals surface area contributed by atoms with Crippen LogP contribution in [-0.2, 0) is 6.54 Å². The van der Waals surface area contributed by atoms with E-state index in [9.17, 15) is 0 Å². The molecule has 0 atom stereocenters. The highest BCUT2D eigenvalue weighted by molar-refractivity contribution is 14.1. The molecule has 1 aliphatic rings. The van der Waals surface area contributed by atoms with Gasteiger partial charge in [0, 0.05) is 21.2 Å². The molecule has 1 saturated carbocycles. The van der Waals surface area contributed by atoms with Crippen molar-refractivity contribution in [2.75, 3.05) is 0 Å². The molecule has 0 radical (unpaired) electrons. The van der Waals surface area contributed by atoms with Crippen molar-refractivity contribution >= 4 is 34.2 Å². The molecule has 1 fully saturated rings. The first-order chi connectivity index (χ1) is 7.25. The van der Waals surface area contributed by atoms with Crippen LogP contribution in [0.25, 0.3) is 0 Å². The molecular weight excluding hydrogens is 320 g/mol. The Bertz CT molecular complexity index is 334. The van der Waals surface area contributed by atoms with E-state index in [4.69, 9.17) is 11.6 Å². The Kier molecular flexibility index (Phi) is 4.29. The molecule has 0 saturated heterocycles. The highest BCUT2D eigenvalue weighted by Crippen LogP contribution is 2.21. The van der Waals surface area contributed by atoms with Gasteiger partial charge < -0.3 is 5.32 Å². The molecule has 0 aliphatic heterocycles. The lowest BCUT2D eigenvalue weighted by atomic mass is 10.2. The van der Waals surface area contributed by atoms with Gasteiger partial charge in [0.15, 0.2) is 0 Å². The molecule has 3 heteroatoms. The van der Waals surface area contributed by atoms with E-state index in [0.717, 1.165) is 11.6 Å². The van der Waals surface area contributed by atoms with Crippen molar-refractivity contribution in [3.05, 3.63) is 32.4 Å². The summed E-state index contributed by atoms with van der Waals surface area (Å²) < 4.78 is 1.25. The lowest BCUT2D eigenvalue weighted by Crippen LogP contribution is -2.25. The zero-order valence-electron chi connectivity index (χ0n) is 8.60. The third-order valence-corrected chi connectivity index (χ3v) is 3.98. The van der Waals surface area contributed by atoms with E-state index >= 15 is 0 Å². The molecule has 0 spiro atoms. The third-order valence-electron chi connectivity index (χ3n) is 2.94. The highest BCUT2D eigenvalue weighted by Gasteiger charge is 2.14. The van der Waals surface area contributed by atoms with E-state index in [0.29, 0.717) is 6.04 Å². The summed E-state index contributed by atoms with van der Waals surface area (Å²) in [6, 6.07) is 6.89. The second-order valence-electron chi connectivity index (χ2n) is 4.10. The molecule has 0 aromatic heterocycles. The number of nitrogens with one attached hydrogen (secondary N) is 1. The average Bonchev–Trinajstić information content (AvgIpc) is 2.72. The molecule has 0 bridgehead atoms. The fourth-order valence-electron chi connectivity index (χ4n) is 2.06. The van der Waals surface area contributed by atoms with Gasteiger partial charge in [-0.05, 0) is 59.2 Å². The first kappa shape index (κ1) is 11.7. The fraction of sp³-hybridized carbons (Fsp3) is 0.500. The van der Waals surface area contributed by atoms with Crippen LogP contribution in [0.1, 0.15) is 31.2 Å². The van der Waals surface area contributed by atoms with Gasteiger partial charge in [0.25, 0.3) is 0 Å². The van der Waals surface area contributed by atoms with Crippen molar-refractivity contribution < 1.29 is 0 Å². The number of benzene rings is 1. The molecule has 0 unspecified atom stereocenters. The maximum absolute atomic E-state index is 6.14. The van der Waals surface area contributed by atoms with Crippen LogP contribution in [0.4, 0.5) is 0 Å². The van der Waals surface area contributed by atoms with Crippen molar-refractivity contribution in [1.29, 1.82) is 0 Å². The van der Waals surface area contributed by atoms with Gasteiger partial charge >= 0.3 is 0 Å². The van der Waals surface area contributed by atoms with Gasteiger partial charge in [-0.1, -0.05) is 24.4 Å². The van der Waals surface area contributed by atoms with Crippen molar-refractivity contribution in [2.45, 2.75) is 38.3 Å². The van der Waals surface area contributed by atoms with E-state index in [-0.39, 0.29) is 0 Å². The molecule has 2 rings (SSSR count). The molecule has 0 heterocycles. The summed E-state index contributed by atoms with van der Waals surface area (Å²) in [6.07, 6.45) is 5.39. The summed E-state index contributed by atoms with van der Waals surface area (Å²) in [5, 5.41) is 4.45. The van der Waals surface area contributed by atoms with Gasteiger partial charge in [0.05, 0.1) is 0 Å². The molecule has 1 N–H and O–H groups in total. The monoisotopic (exact) mass is 335 g/mol. The lowest BCUT2D eigenvalue weighted by Gasteiger charge is -2.12. The van der Waals surface area contributed by atoms with Crippen LogP contribution >= 0.6 is 34.2 Å². The van der Waals surface area contributed by atoms with Gasteiger partial charge in [-0.3, -0.25) is 0 Å². The van der Waals surface area contributed by atoms with Gasteiger partial charge in [0.2, 0.25) is 0 Å². The van der Waals surface area contributed by atoms with Gasteiger partial charge in [-0.2, -0.15) is 0 Å². The minimum atomic E-state index is 0.707. The maximum atomic E-state index is 6.14. The van der Waals surface area contributed by atoms with Crippen molar-refractivity contribution in [3.8, 4) is 0 Å². The Morgan fingerprint density at radius 3 is 2.80 bits per heavy atom. The van der Waals surface area contributed by atoms with Crippen molar-refractivity contribution in [3.63, 3.8) is 0 Å². The zero-order valence-corrected chi connectivity index (χ0v) is 11.5. The van der Waals surface area contributed by atoms with E-state index in [1.165, 1.54) is 34.8 Å². The summed E-state index contributed by atoms with van der Waals surface area (Å²) >= 11 is 8.46. The van der Waals surface area contributed by atoms with E-state index in [1.807, 2.05) is 12.1 Å². The van der Waals surface area contributed by atoms with Gasteiger partial charge in [-0.15, -0.1) is 0 Å². The van der Waals surface area contributed by atoms with Crippen molar-refractivity contribution in [2.24, 2.45) is 0 Å². The smallest absolute Gasteiger partial charge is 0.0451 e. The van der Waals surface area contributed by atoms with Crippen LogP contribution in [0.3, 0.4) is 0 Å². The second kappa shape index (κ2) is 5.51. The van der Waals surface area contributed by atoms with E-state index < -0.39 is 0 Å². The predicted molar refractivity (Wildman–Crippen MR) is 73.3 cm³/mol. The van der Waals surface area contributed by atoms with Crippen molar-refractivity contribution in [1.82, 2.24) is 5.32 Å². The molecule has 15 heavy (non-hydrogen) atoms. The summed E-state index contributed by atoms with van der Waals surface area (Å²) in [7, 11) is 0. The molecule has 1 aromatic carbocycles. The topological polar surface area (TPSA) is 12.0 Å². The number of rotatable bonds is 3. The standard InChI is InChI=1S/C12H15ClIN/c13-12-6-5-10(14)7-9(12)8-15-11-3-1-2-4-11/h5-7,11,15H,1-4,8H2. The minimum Gasteiger partial charge on any atom is -0.310 e. The Labute approximate surface area is 110 Å². The SMILES string of the molecule is Clc1ccc(I)cc1CNC1CCCC1. The predicted octanol–water partition coefficient (Wildman–Crippen LogP) is 3.98. The van der Waals surface area contributed by atoms with E-state index in [1.54, 1.807) is 0 Å². The highest BCUT2D eigenvalue weighted by atomic mass is 127. The molecule has 1 aromatic rings. The summed E-state index contributed by atoms with van der Waals surface area (Å²) in [4.78, 5) is 0.